The van der Waals surface area contributed by atoms with Crippen LogP contribution in [0.3, 0.4) is 0 Å². The second-order valence-electron chi connectivity index (χ2n) is 4.76. The van der Waals surface area contributed by atoms with E-state index in [1.165, 1.54) is 6.20 Å². The van der Waals surface area contributed by atoms with Crippen molar-refractivity contribution in [3.8, 4) is 6.07 Å². The standard InChI is InChI=1S/C17H22N4O3/c1-2-24-17(23)21-11-10-19-13-15(12-18)16(22)20-9-8-14-6-4-3-5-7-14/h3-7,13,19H,2,8-11H2,1H3,(H,20,22)(H,21,23)/b15-13-. The second-order valence-corrected chi connectivity index (χ2v) is 4.76. The van der Waals surface area contributed by atoms with Crippen LogP contribution in [-0.4, -0.2) is 38.2 Å². The van der Waals surface area contributed by atoms with Gasteiger partial charge in [-0.2, -0.15) is 5.26 Å². The summed E-state index contributed by atoms with van der Waals surface area (Å²) in [6, 6.07) is 11.6. The maximum atomic E-state index is 11.9. The third kappa shape index (κ3) is 7.84. The van der Waals surface area contributed by atoms with E-state index in [1.54, 1.807) is 6.92 Å². The Labute approximate surface area is 141 Å². The van der Waals surface area contributed by atoms with Crippen LogP contribution in [0.5, 0.6) is 0 Å². The van der Waals surface area contributed by atoms with Gasteiger partial charge in [-0.1, -0.05) is 30.3 Å². The number of hydrogen-bond donors (Lipinski definition) is 3. The minimum Gasteiger partial charge on any atom is -0.450 e. The number of carbonyl (C=O) groups is 2. The molecule has 0 aliphatic heterocycles. The summed E-state index contributed by atoms with van der Waals surface area (Å²) in [4.78, 5) is 22.9. The Balaban J connectivity index is 2.27. The highest BCUT2D eigenvalue weighted by Gasteiger charge is 2.07. The third-order valence-corrected chi connectivity index (χ3v) is 2.97. The number of benzene rings is 1. The summed E-state index contributed by atoms with van der Waals surface area (Å²) in [6.07, 6.45) is 1.54. The van der Waals surface area contributed by atoms with Gasteiger partial charge in [-0.25, -0.2) is 4.79 Å². The molecule has 3 N–H and O–H groups in total. The van der Waals surface area contributed by atoms with E-state index in [2.05, 4.69) is 16.0 Å². The molecule has 0 radical (unpaired) electrons. The van der Waals surface area contributed by atoms with Crippen molar-refractivity contribution in [2.24, 2.45) is 0 Å². The van der Waals surface area contributed by atoms with Crippen LogP contribution in [0.1, 0.15) is 12.5 Å². The van der Waals surface area contributed by atoms with E-state index in [-0.39, 0.29) is 5.57 Å². The number of rotatable bonds is 9. The van der Waals surface area contributed by atoms with Gasteiger partial charge < -0.3 is 20.7 Å². The molecule has 0 heterocycles. The number of hydrogen-bond acceptors (Lipinski definition) is 5. The Hall–Kier alpha value is -3.01. The van der Waals surface area contributed by atoms with Gasteiger partial charge in [0.15, 0.2) is 0 Å². The topological polar surface area (TPSA) is 103 Å². The van der Waals surface area contributed by atoms with E-state index in [4.69, 9.17) is 10.00 Å². The Kier molecular flexibility index (Phi) is 9.16. The first kappa shape index (κ1) is 19.0. The summed E-state index contributed by atoms with van der Waals surface area (Å²) in [5, 5.41) is 17.0. The quantitative estimate of drug-likeness (QED) is 0.357. The van der Waals surface area contributed by atoms with E-state index in [0.29, 0.717) is 32.7 Å². The molecule has 7 heteroatoms. The van der Waals surface area contributed by atoms with Crippen LogP contribution in [0, 0.1) is 11.3 Å². The summed E-state index contributed by atoms with van der Waals surface area (Å²) >= 11 is 0. The van der Waals surface area contributed by atoms with Crippen molar-refractivity contribution in [3.05, 3.63) is 47.7 Å². The molecule has 24 heavy (non-hydrogen) atoms. The number of carbonyl (C=O) groups excluding carboxylic acids is 2. The van der Waals surface area contributed by atoms with Gasteiger partial charge in [0.2, 0.25) is 0 Å². The Morgan fingerprint density at radius 1 is 1.17 bits per heavy atom. The van der Waals surface area contributed by atoms with Crippen LogP contribution in [0.15, 0.2) is 42.1 Å². The molecule has 0 aliphatic rings. The lowest BCUT2D eigenvalue weighted by atomic mass is 10.1. The number of nitriles is 1. The first-order valence-electron chi connectivity index (χ1n) is 7.73. The Morgan fingerprint density at radius 3 is 2.58 bits per heavy atom. The number of ether oxygens (including phenoxy) is 1. The number of alkyl carbamates (subject to hydrolysis) is 1. The van der Waals surface area contributed by atoms with Gasteiger partial charge in [0.25, 0.3) is 5.91 Å². The molecular formula is C17H22N4O3. The number of nitrogens with zero attached hydrogens (tertiary/aromatic N) is 1. The molecule has 0 saturated carbocycles. The molecule has 0 aromatic heterocycles. The van der Waals surface area contributed by atoms with E-state index in [9.17, 15) is 9.59 Å². The highest BCUT2D eigenvalue weighted by Crippen LogP contribution is 1.98. The maximum Gasteiger partial charge on any atom is 0.407 e. The smallest absolute Gasteiger partial charge is 0.407 e. The largest absolute Gasteiger partial charge is 0.450 e. The van der Waals surface area contributed by atoms with E-state index in [1.807, 2.05) is 36.4 Å². The molecule has 0 aliphatic carbocycles. The predicted molar refractivity (Wildman–Crippen MR) is 89.9 cm³/mol. The van der Waals surface area contributed by atoms with Crippen LogP contribution in [-0.2, 0) is 16.0 Å². The van der Waals surface area contributed by atoms with Crippen molar-refractivity contribution in [1.29, 1.82) is 5.26 Å². The molecule has 0 saturated heterocycles. The monoisotopic (exact) mass is 330 g/mol. The lowest BCUT2D eigenvalue weighted by Gasteiger charge is -2.06. The predicted octanol–water partition coefficient (Wildman–Crippen LogP) is 1.09. The SMILES string of the molecule is CCOC(=O)NCCN/C=C(/C#N)C(=O)NCCc1ccccc1. The zero-order valence-electron chi connectivity index (χ0n) is 13.7. The Bertz CT molecular complexity index is 594. The van der Waals surface area contributed by atoms with Gasteiger partial charge in [-0.15, -0.1) is 0 Å². The minimum absolute atomic E-state index is 0.0146. The molecule has 1 rings (SSSR count). The third-order valence-electron chi connectivity index (χ3n) is 2.97. The minimum atomic E-state index is -0.498. The van der Waals surface area contributed by atoms with E-state index in [0.717, 1.165) is 5.56 Å². The van der Waals surface area contributed by atoms with Gasteiger partial charge in [-0.05, 0) is 18.9 Å². The lowest BCUT2D eigenvalue weighted by Crippen LogP contribution is -2.31. The zero-order valence-corrected chi connectivity index (χ0v) is 13.7. The second kappa shape index (κ2) is 11.5. The van der Waals surface area contributed by atoms with Crippen molar-refractivity contribution in [1.82, 2.24) is 16.0 Å². The fourth-order valence-electron chi connectivity index (χ4n) is 1.80. The molecule has 128 valence electrons. The van der Waals surface area contributed by atoms with Gasteiger partial charge in [-0.3, -0.25) is 4.79 Å². The molecule has 0 spiro atoms. The van der Waals surface area contributed by atoms with Gasteiger partial charge in [0.05, 0.1) is 6.61 Å². The van der Waals surface area contributed by atoms with Crippen molar-refractivity contribution >= 4 is 12.0 Å². The molecule has 0 unspecified atom stereocenters. The lowest BCUT2D eigenvalue weighted by molar-refractivity contribution is -0.117. The highest BCUT2D eigenvalue weighted by atomic mass is 16.5. The summed E-state index contributed by atoms with van der Waals surface area (Å²) < 4.78 is 4.70. The molecule has 0 bridgehead atoms. The van der Waals surface area contributed by atoms with Gasteiger partial charge >= 0.3 is 6.09 Å². The van der Waals surface area contributed by atoms with E-state index < -0.39 is 12.0 Å². The van der Waals surface area contributed by atoms with Crippen molar-refractivity contribution in [2.45, 2.75) is 13.3 Å². The van der Waals surface area contributed by atoms with Crippen LogP contribution in [0.25, 0.3) is 0 Å². The summed E-state index contributed by atoms with van der Waals surface area (Å²) in [5.41, 5.74) is 1.10. The van der Waals surface area contributed by atoms with Crippen molar-refractivity contribution in [3.63, 3.8) is 0 Å². The zero-order chi connectivity index (χ0) is 17.6. The van der Waals surface area contributed by atoms with Crippen LogP contribution in [0.4, 0.5) is 4.79 Å². The fraction of sp³-hybridized carbons (Fsp3) is 0.353. The maximum absolute atomic E-state index is 11.9. The number of amides is 2. The summed E-state index contributed by atoms with van der Waals surface area (Å²) in [5.74, 6) is -0.431. The average Bonchev–Trinajstić information content (AvgIpc) is 2.59. The summed E-state index contributed by atoms with van der Waals surface area (Å²) in [7, 11) is 0. The Morgan fingerprint density at radius 2 is 1.92 bits per heavy atom. The first-order chi connectivity index (χ1) is 11.7. The molecule has 7 nitrogen and oxygen atoms in total. The van der Waals surface area contributed by atoms with Crippen molar-refractivity contribution < 1.29 is 14.3 Å². The fourth-order valence-corrected chi connectivity index (χ4v) is 1.80. The van der Waals surface area contributed by atoms with Crippen LogP contribution in [0.2, 0.25) is 0 Å². The molecule has 0 atom stereocenters. The van der Waals surface area contributed by atoms with Gasteiger partial charge in [0.1, 0.15) is 11.6 Å². The van der Waals surface area contributed by atoms with Crippen LogP contribution >= 0.6 is 0 Å². The van der Waals surface area contributed by atoms with Crippen molar-refractivity contribution in [2.75, 3.05) is 26.2 Å². The molecule has 1 aromatic rings. The summed E-state index contributed by atoms with van der Waals surface area (Å²) in [6.45, 7) is 3.17. The normalized spacial score (nSPS) is 10.4. The average molecular weight is 330 g/mol. The molecule has 1 aromatic carbocycles. The first-order valence-corrected chi connectivity index (χ1v) is 7.73. The van der Waals surface area contributed by atoms with E-state index >= 15 is 0 Å². The molecular weight excluding hydrogens is 308 g/mol. The van der Waals surface area contributed by atoms with Crippen LogP contribution < -0.4 is 16.0 Å². The highest BCUT2D eigenvalue weighted by molar-refractivity contribution is 5.97. The number of nitrogens with one attached hydrogen (secondary N) is 3. The molecule has 2 amide bonds. The van der Waals surface area contributed by atoms with Gasteiger partial charge in [0, 0.05) is 25.8 Å². The molecule has 0 fully saturated rings.